The highest BCUT2D eigenvalue weighted by Crippen LogP contribution is 2.36. The number of amides is 1. The number of hydrogen-bond acceptors (Lipinski definition) is 3. The van der Waals surface area contributed by atoms with Gasteiger partial charge in [-0.05, 0) is 26.2 Å². The zero-order chi connectivity index (χ0) is 12.2. The Balaban J connectivity index is 2.59. The van der Waals surface area contributed by atoms with E-state index in [4.69, 9.17) is 10.00 Å². The molecule has 0 aromatic carbocycles. The third kappa shape index (κ3) is 2.25. The van der Waals surface area contributed by atoms with Crippen LogP contribution in [-0.2, 0) is 9.53 Å². The van der Waals surface area contributed by atoms with Gasteiger partial charge in [-0.2, -0.15) is 5.26 Å². The second kappa shape index (κ2) is 5.13. The van der Waals surface area contributed by atoms with Crippen LogP contribution in [0.3, 0.4) is 0 Å². The molecule has 1 unspecified atom stereocenters. The smallest absolute Gasteiger partial charge is 0.252 e. The molecule has 1 saturated carbocycles. The summed E-state index contributed by atoms with van der Waals surface area (Å²) >= 11 is 0. The molecule has 1 rings (SSSR count). The Labute approximate surface area is 96.5 Å². The molecule has 0 aromatic rings. The number of carbonyl (C=O) groups excluding carboxylic acids is 1. The number of carbonyl (C=O) groups is 1. The summed E-state index contributed by atoms with van der Waals surface area (Å²) in [7, 11) is 1.68. The molecule has 1 amide bonds. The van der Waals surface area contributed by atoms with Crippen LogP contribution in [0.2, 0.25) is 0 Å². The largest absolute Gasteiger partial charge is 0.365 e. The summed E-state index contributed by atoms with van der Waals surface area (Å²) < 4.78 is 5.26. The summed E-state index contributed by atoms with van der Waals surface area (Å²) in [5, 5.41) is 9.11. The predicted molar refractivity (Wildman–Crippen MR) is 60.6 cm³/mol. The van der Waals surface area contributed by atoms with Crippen molar-refractivity contribution in [2.75, 3.05) is 13.7 Å². The molecule has 1 aliphatic carbocycles. The van der Waals surface area contributed by atoms with Gasteiger partial charge in [-0.25, -0.2) is 0 Å². The van der Waals surface area contributed by atoms with Crippen LogP contribution in [0.5, 0.6) is 0 Å². The number of ether oxygens (including phenoxy) is 1. The molecule has 0 aromatic heterocycles. The molecule has 0 spiro atoms. The highest BCUT2D eigenvalue weighted by Gasteiger charge is 2.44. The SMILES string of the molecule is C=CCOC(C)C(=O)N(C)C1(C#N)CCC1. The molecule has 0 bridgehead atoms. The quantitative estimate of drug-likeness (QED) is 0.662. The van der Waals surface area contributed by atoms with Gasteiger partial charge < -0.3 is 9.64 Å². The molecule has 0 heterocycles. The first kappa shape index (κ1) is 12.7. The third-order valence-electron chi connectivity index (χ3n) is 3.17. The van der Waals surface area contributed by atoms with Crippen LogP contribution in [-0.4, -0.2) is 36.1 Å². The van der Waals surface area contributed by atoms with Gasteiger partial charge in [0.2, 0.25) is 0 Å². The molecule has 0 saturated heterocycles. The van der Waals surface area contributed by atoms with Crippen LogP contribution in [0.1, 0.15) is 26.2 Å². The minimum atomic E-state index is -0.594. The molecule has 4 nitrogen and oxygen atoms in total. The van der Waals surface area contributed by atoms with Gasteiger partial charge in [0.1, 0.15) is 11.6 Å². The van der Waals surface area contributed by atoms with Crippen molar-refractivity contribution in [3.63, 3.8) is 0 Å². The van der Waals surface area contributed by atoms with E-state index in [2.05, 4.69) is 12.6 Å². The fourth-order valence-electron chi connectivity index (χ4n) is 1.80. The average molecular weight is 222 g/mol. The van der Waals surface area contributed by atoms with Gasteiger partial charge in [-0.15, -0.1) is 6.58 Å². The monoisotopic (exact) mass is 222 g/mol. The standard InChI is InChI=1S/C12H18N2O2/c1-4-8-16-10(2)11(15)14(3)12(9-13)6-5-7-12/h4,10H,1,5-8H2,2-3H3. The number of rotatable bonds is 5. The fourth-order valence-corrected chi connectivity index (χ4v) is 1.80. The van der Waals surface area contributed by atoms with Gasteiger partial charge in [0, 0.05) is 7.05 Å². The Bertz CT molecular complexity index is 315. The van der Waals surface area contributed by atoms with E-state index in [1.807, 2.05) is 0 Å². The van der Waals surface area contributed by atoms with E-state index in [0.717, 1.165) is 19.3 Å². The first-order valence-corrected chi connectivity index (χ1v) is 5.49. The summed E-state index contributed by atoms with van der Waals surface area (Å²) in [6.07, 6.45) is 3.62. The topological polar surface area (TPSA) is 53.3 Å². The van der Waals surface area contributed by atoms with Crippen molar-refractivity contribution in [3.05, 3.63) is 12.7 Å². The number of likely N-dealkylation sites (N-methyl/N-ethyl adjacent to an activating group) is 1. The Morgan fingerprint density at radius 2 is 2.38 bits per heavy atom. The van der Waals surface area contributed by atoms with E-state index in [0.29, 0.717) is 6.61 Å². The molecule has 0 aliphatic heterocycles. The Morgan fingerprint density at radius 3 is 2.75 bits per heavy atom. The molecule has 1 atom stereocenters. The molecule has 1 fully saturated rings. The first-order valence-electron chi connectivity index (χ1n) is 5.49. The molecule has 4 heteroatoms. The van der Waals surface area contributed by atoms with Gasteiger partial charge in [-0.1, -0.05) is 6.08 Å². The number of nitrogens with zero attached hydrogens (tertiary/aromatic N) is 2. The lowest BCUT2D eigenvalue weighted by molar-refractivity contribution is -0.147. The van der Waals surface area contributed by atoms with Gasteiger partial charge in [-0.3, -0.25) is 4.79 Å². The molecular weight excluding hydrogens is 204 g/mol. The van der Waals surface area contributed by atoms with Crippen molar-refractivity contribution in [1.82, 2.24) is 4.90 Å². The van der Waals surface area contributed by atoms with Crippen molar-refractivity contribution < 1.29 is 9.53 Å². The van der Waals surface area contributed by atoms with E-state index in [1.165, 1.54) is 4.90 Å². The Morgan fingerprint density at radius 1 is 1.75 bits per heavy atom. The van der Waals surface area contributed by atoms with Crippen LogP contribution in [0.25, 0.3) is 0 Å². The van der Waals surface area contributed by atoms with Gasteiger partial charge in [0.05, 0.1) is 12.7 Å². The highest BCUT2D eigenvalue weighted by atomic mass is 16.5. The normalized spacial score (nSPS) is 19.1. The predicted octanol–water partition coefficient (Wildman–Crippen LogP) is 1.48. The van der Waals surface area contributed by atoms with Crippen molar-refractivity contribution in [2.45, 2.75) is 37.8 Å². The maximum Gasteiger partial charge on any atom is 0.252 e. The Kier molecular flexibility index (Phi) is 4.08. The summed E-state index contributed by atoms with van der Waals surface area (Å²) in [5.74, 6) is -0.136. The second-order valence-corrected chi connectivity index (χ2v) is 4.16. The summed E-state index contributed by atoms with van der Waals surface area (Å²) in [6.45, 7) is 5.57. The summed E-state index contributed by atoms with van der Waals surface area (Å²) in [4.78, 5) is 13.5. The molecule has 1 aliphatic rings. The van der Waals surface area contributed by atoms with E-state index in [-0.39, 0.29) is 5.91 Å². The molecule has 0 N–H and O–H groups in total. The lowest BCUT2D eigenvalue weighted by Crippen LogP contribution is -2.55. The second-order valence-electron chi connectivity index (χ2n) is 4.16. The van der Waals surface area contributed by atoms with Crippen molar-refractivity contribution in [3.8, 4) is 6.07 Å². The zero-order valence-corrected chi connectivity index (χ0v) is 9.90. The van der Waals surface area contributed by atoms with Crippen LogP contribution >= 0.6 is 0 Å². The molecular formula is C12H18N2O2. The Hall–Kier alpha value is -1.34. The summed E-state index contributed by atoms with van der Waals surface area (Å²) in [6, 6.07) is 2.24. The minimum absolute atomic E-state index is 0.136. The van der Waals surface area contributed by atoms with E-state index >= 15 is 0 Å². The van der Waals surface area contributed by atoms with Gasteiger partial charge >= 0.3 is 0 Å². The van der Waals surface area contributed by atoms with E-state index in [9.17, 15) is 4.79 Å². The number of nitriles is 1. The number of hydrogen-bond donors (Lipinski definition) is 0. The van der Waals surface area contributed by atoms with Gasteiger partial charge in [0.25, 0.3) is 5.91 Å². The molecule has 88 valence electrons. The van der Waals surface area contributed by atoms with E-state index < -0.39 is 11.6 Å². The average Bonchev–Trinajstić information content (AvgIpc) is 2.23. The lowest BCUT2D eigenvalue weighted by atomic mass is 9.76. The van der Waals surface area contributed by atoms with Crippen LogP contribution in [0.4, 0.5) is 0 Å². The first-order chi connectivity index (χ1) is 7.57. The maximum atomic E-state index is 12.0. The van der Waals surface area contributed by atoms with Crippen LogP contribution in [0.15, 0.2) is 12.7 Å². The zero-order valence-electron chi connectivity index (χ0n) is 9.90. The van der Waals surface area contributed by atoms with Crippen molar-refractivity contribution in [1.29, 1.82) is 5.26 Å². The molecule has 16 heavy (non-hydrogen) atoms. The highest BCUT2D eigenvalue weighted by molar-refractivity contribution is 5.81. The summed E-state index contributed by atoms with van der Waals surface area (Å²) in [5.41, 5.74) is -0.594. The van der Waals surface area contributed by atoms with Crippen molar-refractivity contribution in [2.24, 2.45) is 0 Å². The minimum Gasteiger partial charge on any atom is -0.365 e. The lowest BCUT2D eigenvalue weighted by Gasteiger charge is -2.43. The van der Waals surface area contributed by atoms with E-state index in [1.54, 1.807) is 20.0 Å². The van der Waals surface area contributed by atoms with Crippen molar-refractivity contribution >= 4 is 5.91 Å². The van der Waals surface area contributed by atoms with Crippen LogP contribution in [0, 0.1) is 11.3 Å². The fraction of sp³-hybridized carbons (Fsp3) is 0.667. The van der Waals surface area contributed by atoms with Gasteiger partial charge in [0.15, 0.2) is 0 Å². The maximum absolute atomic E-state index is 12.0. The molecule has 0 radical (unpaired) electrons. The third-order valence-corrected chi connectivity index (χ3v) is 3.17. The van der Waals surface area contributed by atoms with Crippen LogP contribution < -0.4 is 0 Å².